The summed E-state index contributed by atoms with van der Waals surface area (Å²) in [4.78, 5) is 3.18. The van der Waals surface area contributed by atoms with Gasteiger partial charge in [0.1, 0.15) is 0 Å². The molecule has 1 rings (SSSR count). The smallest absolute Gasteiger partial charge is 0.187 e. The lowest BCUT2D eigenvalue weighted by atomic mass is 10.2. The van der Waals surface area contributed by atoms with E-state index in [0.717, 1.165) is 0 Å². The van der Waals surface area contributed by atoms with E-state index >= 15 is 0 Å². The largest absolute Gasteiger partial charge is 0.326 e. The average molecular weight is 134 g/mol. The molecule has 0 spiro atoms. The van der Waals surface area contributed by atoms with Crippen molar-refractivity contribution in [1.82, 2.24) is 0 Å². The van der Waals surface area contributed by atoms with Crippen LogP contribution in [0.3, 0.4) is 0 Å². The molecule has 0 unspecified atom stereocenters. The number of rotatable bonds is 1. The summed E-state index contributed by atoms with van der Waals surface area (Å²) in [7, 11) is 0. The Hall–Kier alpha value is -1.33. The van der Waals surface area contributed by atoms with Crippen LogP contribution in [0.5, 0.6) is 0 Å². The molecule has 0 fully saturated rings. The van der Waals surface area contributed by atoms with E-state index in [0.29, 0.717) is 11.3 Å². The maximum Gasteiger partial charge on any atom is 0.187 e. The van der Waals surface area contributed by atoms with Crippen molar-refractivity contribution in [3.05, 3.63) is 41.2 Å². The highest BCUT2D eigenvalue weighted by Crippen LogP contribution is 2.11. The molecule has 0 aliphatic heterocycles. The Kier molecular flexibility index (Phi) is 1.34. The molecule has 0 saturated carbocycles. The van der Waals surface area contributed by atoms with Gasteiger partial charge in [-0.1, -0.05) is 24.3 Å². The first kappa shape index (κ1) is 4.48. The van der Waals surface area contributed by atoms with Crippen molar-refractivity contribution < 1.29 is 2.74 Å². The zero-order valence-corrected chi connectivity index (χ0v) is 5.33. The second kappa shape index (κ2) is 3.00. The van der Waals surface area contributed by atoms with Gasteiger partial charge in [-0.15, -0.1) is 0 Å². The van der Waals surface area contributed by atoms with Crippen molar-refractivity contribution in [2.24, 2.45) is 5.73 Å². The first-order valence-corrected chi connectivity index (χ1v) is 2.81. The van der Waals surface area contributed by atoms with E-state index in [4.69, 9.17) is 15.0 Å². The van der Waals surface area contributed by atoms with E-state index in [-0.39, 0.29) is 0 Å². The van der Waals surface area contributed by atoms with Gasteiger partial charge in [-0.25, -0.2) is 4.85 Å². The molecule has 0 atom stereocenters. The molecule has 0 bridgehead atoms. The first-order chi connectivity index (χ1) is 5.54. The van der Waals surface area contributed by atoms with Crippen LogP contribution in [0.1, 0.15) is 8.30 Å². The molecule has 10 heavy (non-hydrogen) atoms. The van der Waals surface area contributed by atoms with Crippen LogP contribution in [0.2, 0.25) is 0 Å². The summed E-state index contributed by atoms with van der Waals surface area (Å²) in [5, 5.41) is 0. The first-order valence-electron chi connectivity index (χ1n) is 3.81. The Balaban J connectivity index is 3.02. The van der Waals surface area contributed by atoms with Crippen molar-refractivity contribution in [2.45, 2.75) is 6.50 Å². The molecular weight excluding hydrogens is 124 g/mol. The van der Waals surface area contributed by atoms with Gasteiger partial charge >= 0.3 is 0 Å². The normalized spacial score (nSPS) is 13.2. The van der Waals surface area contributed by atoms with Crippen LogP contribution in [0.4, 0.5) is 5.69 Å². The fourth-order valence-corrected chi connectivity index (χ4v) is 0.632. The van der Waals surface area contributed by atoms with Gasteiger partial charge in [-0.3, -0.25) is 0 Å². The van der Waals surface area contributed by atoms with E-state index in [2.05, 4.69) is 4.85 Å². The van der Waals surface area contributed by atoms with Gasteiger partial charge in [0, 0.05) is 9.24 Å². The maximum atomic E-state index is 7.17. The summed E-state index contributed by atoms with van der Waals surface area (Å²) in [6.07, 6.45) is 0. The van der Waals surface area contributed by atoms with E-state index in [1.54, 1.807) is 12.1 Å². The van der Waals surface area contributed by atoms with Crippen molar-refractivity contribution in [2.75, 3.05) is 0 Å². The lowest BCUT2D eigenvalue weighted by molar-refractivity contribution is 1.07. The zero-order valence-electron chi connectivity index (χ0n) is 7.33. The van der Waals surface area contributed by atoms with Crippen LogP contribution in [-0.2, 0) is 6.50 Å². The van der Waals surface area contributed by atoms with Crippen LogP contribution < -0.4 is 5.73 Å². The predicted molar refractivity (Wildman–Crippen MR) is 40.6 cm³/mol. The van der Waals surface area contributed by atoms with E-state index in [9.17, 15) is 0 Å². The van der Waals surface area contributed by atoms with E-state index in [1.165, 1.54) is 12.1 Å². The summed E-state index contributed by atoms with van der Waals surface area (Å²) in [5.41, 5.74) is 6.08. The summed E-state index contributed by atoms with van der Waals surface area (Å²) in [6, 6.07) is 6.14. The molecule has 0 aromatic heterocycles. The third-order valence-electron chi connectivity index (χ3n) is 1.16. The second-order valence-electron chi connectivity index (χ2n) is 1.80. The molecule has 1 aromatic carbocycles. The maximum absolute atomic E-state index is 7.17. The lowest BCUT2D eigenvalue weighted by Gasteiger charge is -1.93. The van der Waals surface area contributed by atoms with Crippen LogP contribution in [0.25, 0.3) is 4.85 Å². The van der Waals surface area contributed by atoms with Gasteiger partial charge in [0.05, 0.1) is 6.57 Å². The van der Waals surface area contributed by atoms with Crippen molar-refractivity contribution in [1.29, 1.82) is 0 Å². The van der Waals surface area contributed by atoms with Crippen LogP contribution in [0, 0.1) is 6.57 Å². The van der Waals surface area contributed by atoms with Gasteiger partial charge in [-0.05, 0) is 5.56 Å². The van der Waals surface area contributed by atoms with Gasteiger partial charge in [-0.2, -0.15) is 0 Å². The molecule has 2 nitrogen and oxygen atoms in total. The van der Waals surface area contributed by atoms with Crippen molar-refractivity contribution >= 4 is 5.69 Å². The summed E-state index contributed by atoms with van der Waals surface area (Å²) < 4.78 is 14.3. The molecule has 50 valence electrons. The third kappa shape index (κ3) is 1.34. The minimum absolute atomic E-state index is 0.384. The summed E-state index contributed by atoms with van der Waals surface area (Å²) >= 11 is 0. The highest BCUT2D eigenvalue weighted by atomic mass is 14.6. The van der Waals surface area contributed by atoms with Crippen LogP contribution in [0.15, 0.2) is 24.3 Å². The van der Waals surface area contributed by atoms with Crippen molar-refractivity contribution in [3.8, 4) is 0 Å². The summed E-state index contributed by atoms with van der Waals surface area (Å²) in [6.45, 7) is 4.85. The number of hydrogen-bond donors (Lipinski definition) is 1. The fraction of sp³-hybridized carbons (Fsp3) is 0.125. The Bertz CT molecular complexity index is 305. The highest BCUT2D eigenvalue weighted by molar-refractivity contribution is 5.45. The molecule has 0 saturated heterocycles. The topological polar surface area (TPSA) is 30.4 Å². The number of nitrogens with zero attached hydrogens (tertiary/aromatic N) is 1. The Morgan fingerprint density at radius 2 is 2.10 bits per heavy atom. The molecule has 1 aromatic rings. The summed E-state index contributed by atoms with van der Waals surface area (Å²) in [5.74, 6) is 0. The van der Waals surface area contributed by atoms with E-state index < -0.39 is 6.50 Å². The van der Waals surface area contributed by atoms with Crippen LogP contribution in [-0.4, -0.2) is 0 Å². The Morgan fingerprint density at radius 1 is 1.50 bits per heavy atom. The van der Waals surface area contributed by atoms with Gasteiger partial charge in [0.25, 0.3) is 0 Å². The van der Waals surface area contributed by atoms with E-state index in [1.807, 2.05) is 0 Å². The number of benzene rings is 1. The minimum Gasteiger partial charge on any atom is -0.326 e. The molecule has 0 aliphatic carbocycles. The molecule has 0 aliphatic rings. The van der Waals surface area contributed by atoms with Crippen molar-refractivity contribution in [3.63, 3.8) is 0 Å². The molecular formula is C8H8N2. The SMILES string of the molecule is [2H]C([2H])(N)c1ccc([N+]#[C-])cc1. The molecule has 2 heteroatoms. The van der Waals surface area contributed by atoms with Gasteiger partial charge < -0.3 is 5.73 Å². The molecule has 2 N–H and O–H groups in total. The lowest BCUT2D eigenvalue weighted by Crippen LogP contribution is -1.94. The average Bonchev–Trinajstić information content (AvgIpc) is 2.03. The monoisotopic (exact) mass is 134 g/mol. The molecule has 0 radical (unpaired) electrons. The second-order valence-corrected chi connectivity index (χ2v) is 1.80. The third-order valence-corrected chi connectivity index (χ3v) is 1.16. The highest BCUT2D eigenvalue weighted by Gasteiger charge is 1.88. The number of hydrogen-bond acceptors (Lipinski definition) is 1. The number of nitrogens with two attached hydrogens (primary N) is 1. The fourth-order valence-electron chi connectivity index (χ4n) is 0.632. The van der Waals surface area contributed by atoms with Gasteiger partial charge in [0.2, 0.25) is 0 Å². The quantitative estimate of drug-likeness (QED) is 0.582. The standard InChI is InChI=1S/C8H8N2/c1-10-8-4-2-7(6-9)3-5-8/h2-5H,6,9H2/i6D2. The Morgan fingerprint density at radius 3 is 2.50 bits per heavy atom. The molecule has 0 amide bonds. The minimum atomic E-state index is -1.82. The van der Waals surface area contributed by atoms with Crippen LogP contribution >= 0.6 is 0 Å². The predicted octanol–water partition coefficient (Wildman–Crippen LogP) is 1.70. The zero-order chi connectivity index (χ0) is 9.19. The molecule has 0 heterocycles. The Labute approximate surface area is 62.9 Å². The van der Waals surface area contributed by atoms with Gasteiger partial charge in [0.15, 0.2) is 5.69 Å².